The maximum Gasteiger partial charge on any atom is 0.161 e. The van der Waals surface area contributed by atoms with Crippen molar-refractivity contribution in [1.82, 2.24) is 0 Å². The molecule has 0 bridgehead atoms. The van der Waals surface area contributed by atoms with Gasteiger partial charge in [-0.15, -0.1) is 0 Å². The van der Waals surface area contributed by atoms with Crippen molar-refractivity contribution in [2.75, 3.05) is 6.61 Å². The summed E-state index contributed by atoms with van der Waals surface area (Å²) in [5, 5.41) is 9.19. The largest absolute Gasteiger partial charge is 0.490 e. The van der Waals surface area contributed by atoms with Crippen LogP contribution in [0.5, 0.6) is 11.5 Å². The van der Waals surface area contributed by atoms with Crippen LogP contribution in [0.1, 0.15) is 39.0 Å². The summed E-state index contributed by atoms with van der Waals surface area (Å²) < 4.78 is 11.7. The first-order valence-corrected chi connectivity index (χ1v) is 7.13. The molecule has 19 heavy (non-hydrogen) atoms. The van der Waals surface area contributed by atoms with Crippen molar-refractivity contribution in [3.63, 3.8) is 0 Å². The van der Waals surface area contributed by atoms with Crippen molar-refractivity contribution in [3.8, 4) is 17.6 Å². The molecule has 0 heterocycles. The van der Waals surface area contributed by atoms with E-state index in [0.29, 0.717) is 6.61 Å². The molecule has 1 saturated carbocycles. The standard InChI is InChI=1S/C16H21NO2/c1-2-11-18-15-9-5-6-10-16(15)19-14-8-4-3-7-13(14)12-17/h5-6,9-10,13-14H,2-4,7-8,11H2,1H3. The van der Waals surface area contributed by atoms with E-state index in [9.17, 15) is 5.26 Å². The number of hydrogen-bond donors (Lipinski definition) is 0. The van der Waals surface area contributed by atoms with E-state index in [-0.39, 0.29) is 12.0 Å². The number of benzene rings is 1. The Morgan fingerprint density at radius 1 is 1.21 bits per heavy atom. The van der Waals surface area contributed by atoms with Crippen LogP contribution >= 0.6 is 0 Å². The highest BCUT2D eigenvalue weighted by Crippen LogP contribution is 2.33. The monoisotopic (exact) mass is 259 g/mol. The molecule has 2 atom stereocenters. The van der Waals surface area contributed by atoms with Gasteiger partial charge in [-0.3, -0.25) is 0 Å². The maximum absolute atomic E-state index is 9.19. The van der Waals surface area contributed by atoms with Crippen LogP contribution < -0.4 is 9.47 Å². The third-order valence-corrected chi connectivity index (χ3v) is 3.46. The molecule has 2 unspecified atom stereocenters. The van der Waals surface area contributed by atoms with E-state index >= 15 is 0 Å². The summed E-state index contributed by atoms with van der Waals surface area (Å²) in [7, 11) is 0. The molecule has 102 valence electrons. The lowest BCUT2D eigenvalue weighted by Crippen LogP contribution is -2.29. The van der Waals surface area contributed by atoms with E-state index in [2.05, 4.69) is 13.0 Å². The summed E-state index contributed by atoms with van der Waals surface area (Å²) in [4.78, 5) is 0. The highest BCUT2D eigenvalue weighted by Gasteiger charge is 2.27. The third-order valence-electron chi connectivity index (χ3n) is 3.46. The zero-order valence-electron chi connectivity index (χ0n) is 11.5. The first kappa shape index (κ1) is 13.7. The van der Waals surface area contributed by atoms with Crippen molar-refractivity contribution in [3.05, 3.63) is 24.3 Å². The Morgan fingerprint density at radius 2 is 1.95 bits per heavy atom. The summed E-state index contributed by atoms with van der Waals surface area (Å²) in [6.07, 6.45) is 5.15. The molecular weight excluding hydrogens is 238 g/mol. The summed E-state index contributed by atoms with van der Waals surface area (Å²) in [6, 6.07) is 10.1. The second-order valence-electron chi connectivity index (χ2n) is 4.97. The quantitative estimate of drug-likeness (QED) is 0.804. The fourth-order valence-corrected chi connectivity index (χ4v) is 2.43. The van der Waals surface area contributed by atoms with Crippen LogP contribution in [-0.4, -0.2) is 12.7 Å². The van der Waals surface area contributed by atoms with Gasteiger partial charge in [0.1, 0.15) is 6.10 Å². The van der Waals surface area contributed by atoms with Crippen molar-refractivity contribution < 1.29 is 9.47 Å². The van der Waals surface area contributed by atoms with E-state index in [4.69, 9.17) is 9.47 Å². The van der Waals surface area contributed by atoms with Crippen LogP contribution in [0.4, 0.5) is 0 Å². The van der Waals surface area contributed by atoms with Gasteiger partial charge in [-0.05, 0) is 37.8 Å². The van der Waals surface area contributed by atoms with Crippen LogP contribution in [0.15, 0.2) is 24.3 Å². The van der Waals surface area contributed by atoms with Crippen molar-refractivity contribution in [1.29, 1.82) is 5.26 Å². The van der Waals surface area contributed by atoms with Crippen LogP contribution in [0.25, 0.3) is 0 Å². The number of ether oxygens (including phenoxy) is 2. The Labute approximate surface area is 115 Å². The Bertz CT molecular complexity index is 439. The molecule has 0 aromatic heterocycles. The average molecular weight is 259 g/mol. The van der Waals surface area contributed by atoms with Gasteiger partial charge in [0.05, 0.1) is 18.6 Å². The molecule has 3 heteroatoms. The predicted molar refractivity (Wildman–Crippen MR) is 74.2 cm³/mol. The van der Waals surface area contributed by atoms with Gasteiger partial charge in [-0.25, -0.2) is 0 Å². The zero-order chi connectivity index (χ0) is 13.5. The first-order chi connectivity index (χ1) is 9.35. The molecular formula is C16H21NO2. The lowest BCUT2D eigenvalue weighted by Gasteiger charge is -2.28. The van der Waals surface area contributed by atoms with E-state index in [1.807, 2.05) is 24.3 Å². The van der Waals surface area contributed by atoms with Crippen LogP contribution in [0, 0.1) is 17.2 Å². The van der Waals surface area contributed by atoms with Gasteiger partial charge in [0.2, 0.25) is 0 Å². The van der Waals surface area contributed by atoms with Crippen molar-refractivity contribution >= 4 is 0 Å². The van der Waals surface area contributed by atoms with Gasteiger partial charge in [0, 0.05) is 0 Å². The minimum Gasteiger partial charge on any atom is -0.490 e. The Kier molecular flexibility index (Phi) is 5.09. The molecule has 1 aliphatic rings. The van der Waals surface area contributed by atoms with Crippen LogP contribution in [0.3, 0.4) is 0 Å². The zero-order valence-corrected chi connectivity index (χ0v) is 11.5. The summed E-state index contributed by atoms with van der Waals surface area (Å²) in [5.74, 6) is 1.56. The molecule has 0 radical (unpaired) electrons. The van der Waals surface area contributed by atoms with Gasteiger partial charge in [0.15, 0.2) is 11.5 Å². The number of nitrogens with zero attached hydrogens (tertiary/aromatic N) is 1. The topological polar surface area (TPSA) is 42.2 Å². The SMILES string of the molecule is CCCOc1ccccc1OC1CCCCC1C#N. The fraction of sp³-hybridized carbons (Fsp3) is 0.562. The third kappa shape index (κ3) is 3.64. The molecule has 0 aliphatic heterocycles. The van der Waals surface area contributed by atoms with E-state index in [1.165, 1.54) is 0 Å². The number of para-hydroxylation sites is 2. The lowest BCUT2D eigenvalue weighted by atomic mass is 9.87. The smallest absolute Gasteiger partial charge is 0.161 e. The highest BCUT2D eigenvalue weighted by atomic mass is 16.5. The summed E-state index contributed by atoms with van der Waals surface area (Å²) in [5.41, 5.74) is 0. The summed E-state index contributed by atoms with van der Waals surface area (Å²) >= 11 is 0. The minimum absolute atomic E-state index is 0.00475. The fourth-order valence-electron chi connectivity index (χ4n) is 2.43. The maximum atomic E-state index is 9.19. The summed E-state index contributed by atoms with van der Waals surface area (Å²) in [6.45, 7) is 2.77. The van der Waals surface area contributed by atoms with Gasteiger partial charge in [0.25, 0.3) is 0 Å². The van der Waals surface area contributed by atoms with Crippen molar-refractivity contribution in [2.24, 2.45) is 5.92 Å². The molecule has 1 fully saturated rings. The number of rotatable bonds is 5. The first-order valence-electron chi connectivity index (χ1n) is 7.13. The Balaban J connectivity index is 2.07. The van der Waals surface area contributed by atoms with Gasteiger partial charge < -0.3 is 9.47 Å². The molecule has 0 N–H and O–H groups in total. The molecule has 1 aliphatic carbocycles. The van der Waals surface area contributed by atoms with E-state index in [1.54, 1.807) is 0 Å². The normalized spacial score (nSPS) is 22.5. The molecule has 0 amide bonds. The predicted octanol–water partition coefficient (Wildman–Crippen LogP) is 3.94. The van der Waals surface area contributed by atoms with Crippen molar-refractivity contribution in [2.45, 2.75) is 45.1 Å². The van der Waals surface area contributed by atoms with E-state index in [0.717, 1.165) is 43.6 Å². The number of nitriles is 1. The lowest BCUT2D eigenvalue weighted by molar-refractivity contribution is 0.114. The van der Waals surface area contributed by atoms with E-state index < -0.39 is 0 Å². The average Bonchev–Trinajstić information content (AvgIpc) is 2.47. The molecule has 2 rings (SSSR count). The minimum atomic E-state index is 0.00475. The second kappa shape index (κ2) is 7.04. The molecule has 3 nitrogen and oxygen atoms in total. The van der Waals surface area contributed by atoms with Crippen LogP contribution in [-0.2, 0) is 0 Å². The molecule has 1 aromatic carbocycles. The Morgan fingerprint density at radius 3 is 2.68 bits per heavy atom. The van der Waals surface area contributed by atoms with Gasteiger partial charge >= 0.3 is 0 Å². The number of hydrogen-bond acceptors (Lipinski definition) is 3. The van der Waals surface area contributed by atoms with Gasteiger partial charge in [-0.1, -0.05) is 25.5 Å². The second-order valence-corrected chi connectivity index (χ2v) is 4.97. The molecule has 0 spiro atoms. The molecule has 1 aromatic rings. The Hall–Kier alpha value is -1.69. The van der Waals surface area contributed by atoms with Crippen LogP contribution in [0.2, 0.25) is 0 Å². The van der Waals surface area contributed by atoms with Gasteiger partial charge in [-0.2, -0.15) is 5.26 Å². The molecule has 0 saturated heterocycles. The highest BCUT2D eigenvalue weighted by molar-refractivity contribution is 5.39.